The molecule has 3 aromatic rings. The van der Waals surface area contributed by atoms with Crippen LogP contribution in [0.4, 0.5) is 0 Å². The van der Waals surface area contributed by atoms with Crippen molar-refractivity contribution < 1.29 is 5.11 Å². The molecule has 0 radical (unpaired) electrons. The van der Waals surface area contributed by atoms with Crippen LogP contribution in [0.2, 0.25) is 5.02 Å². The molecular weight excluding hydrogens is 312 g/mol. The van der Waals surface area contributed by atoms with Gasteiger partial charge in [-0.1, -0.05) is 17.7 Å². The standard InChI is InChI=1S/C17H17ClN4O/c18-13-5-4-11(16-12(13)3-1-6-19-16)10-20-14-9-15(23)17(14)22-8-2-7-21-22/h1-8,14-15,17,20,23H,9-10H2/t14-,15+,17+/m0/s1. The molecule has 6 heteroatoms. The predicted molar refractivity (Wildman–Crippen MR) is 89.3 cm³/mol. The van der Waals surface area contributed by atoms with Gasteiger partial charge in [-0.15, -0.1) is 0 Å². The van der Waals surface area contributed by atoms with Crippen molar-refractivity contribution in [1.82, 2.24) is 20.1 Å². The molecule has 2 heterocycles. The van der Waals surface area contributed by atoms with E-state index >= 15 is 0 Å². The van der Waals surface area contributed by atoms with Gasteiger partial charge in [0.15, 0.2) is 0 Å². The summed E-state index contributed by atoms with van der Waals surface area (Å²) in [5, 5.41) is 19.5. The van der Waals surface area contributed by atoms with Crippen LogP contribution in [0.15, 0.2) is 48.9 Å². The summed E-state index contributed by atoms with van der Waals surface area (Å²) in [5.74, 6) is 0. The molecule has 0 aliphatic heterocycles. The minimum absolute atomic E-state index is 0.0171. The second kappa shape index (κ2) is 5.92. The average Bonchev–Trinajstić information content (AvgIpc) is 3.06. The lowest BCUT2D eigenvalue weighted by molar-refractivity contribution is -0.00818. The second-order valence-electron chi connectivity index (χ2n) is 5.87. The van der Waals surface area contributed by atoms with Crippen molar-refractivity contribution in [2.45, 2.75) is 31.2 Å². The van der Waals surface area contributed by atoms with Crippen LogP contribution >= 0.6 is 11.6 Å². The zero-order chi connectivity index (χ0) is 15.8. The van der Waals surface area contributed by atoms with Crippen LogP contribution in [0.3, 0.4) is 0 Å². The van der Waals surface area contributed by atoms with Gasteiger partial charge >= 0.3 is 0 Å². The van der Waals surface area contributed by atoms with E-state index < -0.39 is 0 Å². The number of aromatic nitrogens is 3. The van der Waals surface area contributed by atoms with Gasteiger partial charge in [-0.25, -0.2) is 0 Å². The Labute approximate surface area is 138 Å². The number of rotatable bonds is 4. The highest BCUT2D eigenvalue weighted by molar-refractivity contribution is 6.35. The van der Waals surface area contributed by atoms with Crippen LogP contribution in [-0.2, 0) is 6.54 Å². The molecule has 1 aliphatic carbocycles. The summed E-state index contributed by atoms with van der Waals surface area (Å²) in [5.41, 5.74) is 2.02. The molecule has 23 heavy (non-hydrogen) atoms. The summed E-state index contributed by atoms with van der Waals surface area (Å²) in [7, 11) is 0. The van der Waals surface area contributed by atoms with E-state index in [1.807, 2.05) is 41.2 Å². The van der Waals surface area contributed by atoms with Crippen molar-refractivity contribution >= 4 is 22.5 Å². The predicted octanol–water partition coefficient (Wildman–Crippen LogP) is 2.55. The van der Waals surface area contributed by atoms with E-state index in [0.717, 1.165) is 22.9 Å². The Morgan fingerprint density at radius 1 is 1.26 bits per heavy atom. The average molecular weight is 329 g/mol. The number of aliphatic hydroxyl groups excluding tert-OH is 1. The molecule has 118 valence electrons. The molecule has 4 rings (SSSR count). The Bertz CT molecular complexity index is 821. The van der Waals surface area contributed by atoms with Gasteiger partial charge in [0.2, 0.25) is 0 Å². The summed E-state index contributed by atoms with van der Waals surface area (Å²) >= 11 is 6.23. The highest BCUT2D eigenvalue weighted by Crippen LogP contribution is 2.33. The Kier molecular flexibility index (Phi) is 3.77. The third-order valence-electron chi connectivity index (χ3n) is 4.49. The highest BCUT2D eigenvalue weighted by atomic mass is 35.5. The molecule has 0 saturated heterocycles. The third kappa shape index (κ3) is 2.61. The van der Waals surface area contributed by atoms with E-state index in [4.69, 9.17) is 11.6 Å². The van der Waals surface area contributed by atoms with Crippen LogP contribution in [0.1, 0.15) is 18.0 Å². The molecule has 2 aromatic heterocycles. The van der Waals surface area contributed by atoms with Crippen molar-refractivity contribution in [1.29, 1.82) is 0 Å². The maximum atomic E-state index is 10.0. The van der Waals surface area contributed by atoms with Crippen molar-refractivity contribution in [3.8, 4) is 0 Å². The van der Waals surface area contributed by atoms with Crippen molar-refractivity contribution in [2.24, 2.45) is 0 Å². The van der Waals surface area contributed by atoms with E-state index in [-0.39, 0.29) is 18.2 Å². The molecular formula is C17H17ClN4O. The summed E-state index contributed by atoms with van der Waals surface area (Å²) in [6.07, 6.45) is 5.78. The van der Waals surface area contributed by atoms with E-state index in [9.17, 15) is 5.11 Å². The number of nitrogens with one attached hydrogen (secondary N) is 1. The minimum Gasteiger partial charge on any atom is -0.391 e. The van der Waals surface area contributed by atoms with E-state index in [2.05, 4.69) is 15.4 Å². The highest BCUT2D eigenvalue weighted by Gasteiger charge is 2.41. The fraction of sp³-hybridized carbons (Fsp3) is 0.294. The lowest BCUT2D eigenvalue weighted by Crippen LogP contribution is -2.54. The first-order chi connectivity index (χ1) is 11.2. The van der Waals surface area contributed by atoms with Gasteiger partial charge in [0.25, 0.3) is 0 Å². The molecule has 0 spiro atoms. The van der Waals surface area contributed by atoms with Crippen LogP contribution in [0.25, 0.3) is 10.9 Å². The summed E-state index contributed by atoms with van der Waals surface area (Å²) in [4.78, 5) is 4.46. The smallest absolute Gasteiger partial charge is 0.0932 e. The molecule has 0 amide bonds. The Morgan fingerprint density at radius 2 is 2.17 bits per heavy atom. The van der Waals surface area contributed by atoms with Crippen LogP contribution in [0.5, 0.6) is 0 Å². The van der Waals surface area contributed by atoms with Gasteiger partial charge in [-0.2, -0.15) is 5.10 Å². The topological polar surface area (TPSA) is 63.0 Å². The molecule has 1 aliphatic rings. The largest absolute Gasteiger partial charge is 0.391 e. The van der Waals surface area contributed by atoms with Gasteiger partial charge in [0, 0.05) is 41.6 Å². The molecule has 5 nitrogen and oxygen atoms in total. The lowest BCUT2D eigenvalue weighted by Gasteiger charge is -2.42. The monoisotopic (exact) mass is 328 g/mol. The van der Waals surface area contributed by atoms with Gasteiger partial charge in [0.05, 0.1) is 17.7 Å². The second-order valence-corrected chi connectivity index (χ2v) is 6.28. The Morgan fingerprint density at radius 3 is 2.96 bits per heavy atom. The van der Waals surface area contributed by atoms with E-state index in [1.54, 1.807) is 12.4 Å². The fourth-order valence-corrected chi connectivity index (χ4v) is 3.43. The minimum atomic E-state index is -0.354. The quantitative estimate of drug-likeness (QED) is 0.772. The van der Waals surface area contributed by atoms with Crippen LogP contribution in [-0.4, -0.2) is 32.0 Å². The Balaban J connectivity index is 1.53. The maximum absolute atomic E-state index is 10.0. The molecule has 0 unspecified atom stereocenters. The molecule has 0 bridgehead atoms. The van der Waals surface area contributed by atoms with Crippen molar-refractivity contribution in [3.05, 3.63) is 59.5 Å². The number of pyridine rings is 1. The summed E-state index contributed by atoms with van der Waals surface area (Å²) < 4.78 is 1.82. The number of aliphatic hydroxyl groups is 1. The van der Waals surface area contributed by atoms with Gasteiger partial charge in [0.1, 0.15) is 0 Å². The Hall–Kier alpha value is -1.95. The molecule has 1 fully saturated rings. The van der Waals surface area contributed by atoms with Crippen LogP contribution in [0, 0.1) is 0 Å². The number of halogens is 1. The lowest BCUT2D eigenvalue weighted by atomic mass is 9.83. The number of benzene rings is 1. The molecule has 1 aromatic carbocycles. The van der Waals surface area contributed by atoms with Gasteiger partial charge in [-0.05, 0) is 36.2 Å². The van der Waals surface area contributed by atoms with Gasteiger partial charge in [-0.3, -0.25) is 9.67 Å². The number of hydrogen-bond acceptors (Lipinski definition) is 4. The molecule has 3 atom stereocenters. The first kappa shape index (κ1) is 14.6. The summed E-state index contributed by atoms with van der Waals surface area (Å²) in [6, 6.07) is 9.83. The molecule has 1 saturated carbocycles. The van der Waals surface area contributed by atoms with E-state index in [0.29, 0.717) is 11.6 Å². The van der Waals surface area contributed by atoms with Crippen LogP contribution < -0.4 is 5.32 Å². The first-order valence-corrected chi connectivity index (χ1v) is 8.04. The zero-order valence-corrected chi connectivity index (χ0v) is 13.2. The first-order valence-electron chi connectivity index (χ1n) is 7.67. The summed E-state index contributed by atoms with van der Waals surface area (Å²) in [6.45, 7) is 0.680. The van der Waals surface area contributed by atoms with Crippen molar-refractivity contribution in [3.63, 3.8) is 0 Å². The maximum Gasteiger partial charge on any atom is 0.0932 e. The van der Waals surface area contributed by atoms with E-state index in [1.165, 1.54) is 0 Å². The number of hydrogen-bond donors (Lipinski definition) is 2. The normalized spacial score (nSPS) is 23.8. The third-order valence-corrected chi connectivity index (χ3v) is 4.82. The number of nitrogens with zero attached hydrogens (tertiary/aromatic N) is 3. The van der Waals surface area contributed by atoms with Gasteiger partial charge < -0.3 is 10.4 Å². The zero-order valence-electron chi connectivity index (χ0n) is 12.4. The SMILES string of the molecule is O[C@@H]1C[C@H](NCc2ccc(Cl)c3cccnc23)[C@H]1n1cccn1. The van der Waals surface area contributed by atoms with Crippen molar-refractivity contribution in [2.75, 3.05) is 0 Å². The number of fused-ring (bicyclic) bond motifs is 1. The molecule has 2 N–H and O–H groups in total. The fourth-order valence-electron chi connectivity index (χ4n) is 3.21.